The third-order valence-corrected chi connectivity index (χ3v) is 6.58. The fourth-order valence-electron chi connectivity index (χ4n) is 4.38. The van der Waals surface area contributed by atoms with E-state index in [1.807, 2.05) is 36.4 Å². The SMILES string of the molecule is COC(=O)c1ccccc1NC(=O)Cc1ccc(Oc2ccc3cc(OCCc4ccc([N+](=O)[O-])cc4)ccc3c2)nc1. The Bertz CT molecular complexity index is 1770. The van der Waals surface area contributed by atoms with Gasteiger partial charge in [-0.05, 0) is 58.3 Å². The molecule has 0 atom stereocenters. The smallest absolute Gasteiger partial charge is 0.339 e. The van der Waals surface area contributed by atoms with Gasteiger partial charge < -0.3 is 19.5 Å². The number of carbonyl (C=O) groups excluding carboxylic acids is 2. The molecular weight excluding hydrogens is 550 g/mol. The molecule has 4 aromatic carbocycles. The van der Waals surface area contributed by atoms with Gasteiger partial charge in [-0.3, -0.25) is 14.9 Å². The number of hydrogen-bond acceptors (Lipinski definition) is 8. The first-order valence-corrected chi connectivity index (χ1v) is 13.4. The van der Waals surface area contributed by atoms with Crippen LogP contribution in [0.5, 0.6) is 17.4 Å². The van der Waals surface area contributed by atoms with Crippen molar-refractivity contribution in [1.82, 2.24) is 4.98 Å². The summed E-state index contributed by atoms with van der Waals surface area (Å²) in [7, 11) is 1.29. The predicted octanol–water partition coefficient (Wildman–Crippen LogP) is 6.52. The molecule has 5 aromatic rings. The zero-order valence-corrected chi connectivity index (χ0v) is 23.2. The molecule has 0 fully saturated rings. The first kappa shape index (κ1) is 28.7. The van der Waals surface area contributed by atoms with E-state index in [0.717, 1.165) is 22.1 Å². The number of esters is 1. The summed E-state index contributed by atoms with van der Waals surface area (Å²) >= 11 is 0. The van der Waals surface area contributed by atoms with Gasteiger partial charge in [0.2, 0.25) is 11.8 Å². The lowest BCUT2D eigenvalue weighted by atomic mass is 10.1. The highest BCUT2D eigenvalue weighted by Crippen LogP contribution is 2.28. The van der Waals surface area contributed by atoms with Crippen LogP contribution in [0.1, 0.15) is 21.5 Å². The Morgan fingerprint density at radius 2 is 1.56 bits per heavy atom. The molecule has 10 heteroatoms. The van der Waals surface area contributed by atoms with Gasteiger partial charge in [0.25, 0.3) is 5.69 Å². The number of benzene rings is 4. The maximum absolute atomic E-state index is 12.6. The van der Waals surface area contributed by atoms with E-state index in [-0.39, 0.29) is 23.6 Å². The molecule has 1 N–H and O–H groups in total. The summed E-state index contributed by atoms with van der Waals surface area (Å²) in [5.41, 5.74) is 2.36. The van der Waals surface area contributed by atoms with Crippen molar-refractivity contribution in [2.45, 2.75) is 12.8 Å². The van der Waals surface area contributed by atoms with E-state index in [9.17, 15) is 19.7 Å². The molecule has 1 heterocycles. The summed E-state index contributed by atoms with van der Waals surface area (Å²) in [6.45, 7) is 0.439. The normalized spacial score (nSPS) is 10.6. The van der Waals surface area contributed by atoms with E-state index in [1.54, 1.807) is 54.7 Å². The molecule has 0 aliphatic rings. The lowest BCUT2D eigenvalue weighted by Gasteiger charge is -2.10. The van der Waals surface area contributed by atoms with Crippen molar-refractivity contribution in [3.8, 4) is 17.4 Å². The van der Waals surface area contributed by atoms with Gasteiger partial charge in [0, 0.05) is 30.8 Å². The van der Waals surface area contributed by atoms with E-state index in [2.05, 4.69) is 10.3 Å². The summed E-state index contributed by atoms with van der Waals surface area (Å²) in [5, 5.41) is 15.5. The predicted molar refractivity (Wildman–Crippen MR) is 161 cm³/mol. The Balaban J connectivity index is 1.14. The number of ether oxygens (including phenoxy) is 3. The van der Waals surface area contributed by atoms with Gasteiger partial charge in [0.05, 0.1) is 36.3 Å². The van der Waals surface area contributed by atoms with Crippen LogP contribution in [0.3, 0.4) is 0 Å². The Hall–Kier alpha value is -5.77. The van der Waals surface area contributed by atoms with Gasteiger partial charge in [-0.15, -0.1) is 0 Å². The van der Waals surface area contributed by atoms with E-state index < -0.39 is 10.9 Å². The minimum atomic E-state index is -0.529. The lowest BCUT2D eigenvalue weighted by molar-refractivity contribution is -0.384. The second-order valence-corrected chi connectivity index (χ2v) is 9.56. The number of anilines is 1. The molecule has 1 amide bonds. The molecule has 0 spiro atoms. The minimum absolute atomic E-state index is 0.0664. The number of pyridine rings is 1. The zero-order valence-electron chi connectivity index (χ0n) is 23.2. The molecule has 1 aromatic heterocycles. The third kappa shape index (κ3) is 7.50. The van der Waals surface area contributed by atoms with Crippen molar-refractivity contribution in [3.63, 3.8) is 0 Å². The van der Waals surface area contributed by atoms with Gasteiger partial charge in [0.15, 0.2) is 0 Å². The van der Waals surface area contributed by atoms with Crippen LogP contribution in [-0.4, -0.2) is 35.5 Å². The number of fused-ring (bicyclic) bond motifs is 1. The number of para-hydroxylation sites is 1. The summed E-state index contributed by atoms with van der Waals surface area (Å²) in [6.07, 6.45) is 2.27. The summed E-state index contributed by atoms with van der Waals surface area (Å²) in [4.78, 5) is 39.2. The summed E-state index contributed by atoms with van der Waals surface area (Å²) < 4.78 is 16.6. The van der Waals surface area contributed by atoms with Crippen LogP contribution < -0.4 is 14.8 Å². The molecule has 5 rings (SSSR count). The summed E-state index contributed by atoms with van der Waals surface area (Å²) in [6, 6.07) is 28.0. The minimum Gasteiger partial charge on any atom is -0.493 e. The number of amides is 1. The van der Waals surface area contributed by atoms with Gasteiger partial charge in [-0.25, -0.2) is 9.78 Å². The molecular formula is C33H27N3O7. The molecule has 0 aliphatic heterocycles. The number of nitro groups is 1. The lowest BCUT2D eigenvalue weighted by Crippen LogP contribution is -2.17. The standard InChI is InChI=1S/C33H27N3O7/c1-41-33(38)29-4-2-3-5-30(29)35-31(37)18-23-8-15-32(34-21-23)43-28-14-10-24-19-27(13-9-25(24)20-28)42-17-16-22-6-11-26(12-7-22)36(39)40/h2-15,19-21H,16-18H2,1H3,(H,35,37). The third-order valence-electron chi connectivity index (χ3n) is 6.58. The van der Waals surface area contributed by atoms with Gasteiger partial charge >= 0.3 is 5.97 Å². The first-order chi connectivity index (χ1) is 20.9. The maximum atomic E-state index is 12.6. The monoisotopic (exact) mass is 577 g/mol. The van der Waals surface area contributed by atoms with Crippen molar-refractivity contribution < 1.29 is 28.7 Å². The topological polar surface area (TPSA) is 130 Å². The number of nitrogens with zero attached hydrogens (tertiary/aromatic N) is 2. The van der Waals surface area contributed by atoms with E-state index in [4.69, 9.17) is 14.2 Å². The van der Waals surface area contributed by atoms with Crippen LogP contribution in [0.25, 0.3) is 10.8 Å². The van der Waals surface area contributed by atoms with Gasteiger partial charge in [-0.1, -0.05) is 42.5 Å². The fraction of sp³-hybridized carbons (Fsp3) is 0.121. The number of rotatable bonds is 11. The fourth-order valence-corrected chi connectivity index (χ4v) is 4.38. The quantitative estimate of drug-likeness (QED) is 0.107. The molecule has 0 unspecified atom stereocenters. The van der Waals surface area contributed by atoms with Crippen molar-refractivity contribution >= 4 is 34.0 Å². The highest BCUT2D eigenvalue weighted by Gasteiger charge is 2.14. The van der Waals surface area contributed by atoms with Crippen LogP contribution in [0.2, 0.25) is 0 Å². The van der Waals surface area contributed by atoms with E-state index in [1.165, 1.54) is 19.2 Å². The number of nitro benzene ring substituents is 1. The first-order valence-electron chi connectivity index (χ1n) is 13.4. The average molecular weight is 578 g/mol. The second kappa shape index (κ2) is 13.3. The van der Waals surface area contributed by atoms with Crippen molar-refractivity contribution in [3.05, 3.63) is 130 Å². The Labute approximate surface area is 247 Å². The summed E-state index contributed by atoms with van der Waals surface area (Å²) in [5.74, 6) is 0.884. The highest BCUT2D eigenvalue weighted by molar-refractivity contribution is 6.01. The number of nitrogens with one attached hydrogen (secondary N) is 1. The van der Waals surface area contributed by atoms with Crippen LogP contribution in [0.15, 0.2) is 103 Å². The average Bonchev–Trinajstić information content (AvgIpc) is 3.02. The second-order valence-electron chi connectivity index (χ2n) is 9.56. The Kier molecular flexibility index (Phi) is 8.87. The van der Waals surface area contributed by atoms with Crippen molar-refractivity contribution in [1.29, 1.82) is 0 Å². The number of hydrogen-bond donors (Lipinski definition) is 1. The number of non-ortho nitro benzene ring substituents is 1. The van der Waals surface area contributed by atoms with E-state index >= 15 is 0 Å². The molecule has 0 saturated carbocycles. The number of methoxy groups -OCH3 is 1. The van der Waals surface area contributed by atoms with Crippen LogP contribution >= 0.6 is 0 Å². The molecule has 43 heavy (non-hydrogen) atoms. The Morgan fingerprint density at radius 3 is 2.26 bits per heavy atom. The van der Waals surface area contributed by atoms with Crippen molar-refractivity contribution in [2.24, 2.45) is 0 Å². The van der Waals surface area contributed by atoms with Crippen molar-refractivity contribution in [2.75, 3.05) is 19.0 Å². The molecule has 216 valence electrons. The Morgan fingerprint density at radius 1 is 0.860 bits per heavy atom. The van der Waals surface area contributed by atoms with Gasteiger partial charge in [-0.2, -0.15) is 0 Å². The largest absolute Gasteiger partial charge is 0.493 e. The zero-order chi connectivity index (χ0) is 30.2. The molecule has 0 bridgehead atoms. The van der Waals surface area contributed by atoms with Gasteiger partial charge in [0.1, 0.15) is 11.5 Å². The maximum Gasteiger partial charge on any atom is 0.339 e. The molecule has 0 saturated heterocycles. The van der Waals surface area contributed by atoms with Crippen LogP contribution in [0.4, 0.5) is 11.4 Å². The number of aromatic nitrogens is 1. The molecule has 0 aliphatic carbocycles. The highest BCUT2D eigenvalue weighted by atomic mass is 16.6. The van der Waals surface area contributed by atoms with E-state index in [0.29, 0.717) is 35.9 Å². The number of carbonyl (C=O) groups is 2. The molecule has 10 nitrogen and oxygen atoms in total. The molecule has 0 radical (unpaired) electrons. The van der Waals surface area contributed by atoms with Crippen LogP contribution in [-0.2, 0) is 22.4 Å². The van der Waals surface area contributed by atoms with Crippen LogP contribution in [0, 0.1) is 10.1 Å².